The molecule has 0 radical (unpaired) electrons. The van der Waals surface area contributed by atoms with E-state index in [1.165, 1.54) is 49.9 Å². The highest BCUT2D eigenvalue weighted by molar-refractivity contribution is 7.60. The molecule has 0 atom stereocenters. The first-order chi connectivity index (χ1) is 10.4. The summed E-state index contributed by atoms with van der Waals surface area (Å²) in [6.45, 7) is 2.57. The van der Waals surface area contributed by atoms with Gasteiger partial charge in [0.25, 0.3) is 0 Å². The van der Waals surface area contributed by atoms with E-state index >= 15 is 0 Å². The molecular formula is C16H25O5P. The minimum Gasteiger partial charge on any atom is -0.462 e. The third kappa shape index (κ3) is 7.21. The highest BCUT2D eigenvalue weighted by Gasteiger charge is 2.17. The molecule has 2 N–H and O–H groups in total. The van der Waals surface area contributed by atoms with Gasteiger partial charge in [0.2, 0.25) is 0 Å². The van der Waals surface area contributed by atoms with Crippen molar-refractivity contribution in [3.63, 3.8) is 0 Å². The molecule has 6 heteroatoms. The minimum absolute atomic E-state index is 0.101. The van der Waals surface area contributed by atoms with Crippen LogP contribution in [0.5, 0.6) is 0 Å². The van der Waals surface area contributed by atoms with Crippen molar-refractivity contribution >= 4 is 18.9 Å². The average Bonchev–Trinajstić information content (AvgIpc) is 2.49. The topological polar surface area (TPSA) is 83.8 Å². The van der Waals surface area contributed by atoms with Crippen LogP contribution in [0.4, 0.5) is 0 Å². The maximum atomic E-state index is 11.8. The fraction of sp³-hybridized carbons (Fsp3) is 0.562. The van der Waals surface area contributed by atoms with E-state index < -0.39 is 13.6 Å². The summed E-state index contributed by atoms with van der Waals surface area (Å²) >= 11 is 0. The van der Waals surface area contributed by atoms with Crippen molar-refractivity contribution in [1.82, 2.24) is 0 Å². The maximum Gasteiger partial charge on any atom is 0.356 e. The van der Waals surface area contributed by atoms with Crippen LogP contribution in [0.25, 0.3) is 0 Å². The first kappa shape index (κ1) is 18.9. The van der Waals surface area contributed by atoms with E-state index in [1.807, 2.05) is 0 Å². The lowest BCUT2D eigenvalue weighted by atomic mass is 10.1. The number of hydrogen-bond acceptors (Lipinski definition) is 3. The molecule has 0 spiro atoms. The van der Waals surface area contributed by atoms with Crippen LogP contribution in [0.2, 0.25) is 0 Å². The molecule has 0 unspecified atom stereocenters. The van der Waals surface area contributed by atoms with Gasteiger partial charge in [-0.05, 0) is 30.7 Å². The van der Waals surface area contributed by atoms with Gasteiger partial charge < -0.3 is 14.5 Å². The van der Waals surface area contributed by atoms with Crippen LogP contribution >= 0.6 is 7.60 Å². The zero-order valence-electron chi connectivity index (χ0n) is 13.0. The van der Waals surface area contributed by atoms with Gasteiger partial charge in [0.05, 0.1) is 17.5 Å². The maximum absolute atomic E-state index is 11.8. The predicted octanol–water partition coefficient (Wildman–Crippen LogP) is 3.40. The molecule has 124 valence electrons. The van der Waals surface area contributed by atoms with E-state index in [1.54, 1.807) is 0 Å². The molecule has 0 aliphatic carbocycles. The van der Waals surface area contributed by atoms with Crippen LogP contribution in [-0.2, 0) is 9.30 Å². The Morgan fingerprint density at radius 1 is 1.00 bits per heavy atom. The zero-order chi connectivity index (χ0) is 16.4. The molecule has 0 saturated heterocycles. The second-order valence-corrected chi connectivity index (χ2v) is 6.95. The summed E-state index contributed by atoms with van der Waals surface area (Å²) in [5.41, 5.74) is 0.306. The first-order valence-corrected chi connectivity index (χ1v) is 9.39. The van der Waals surface area contributed by atoms with Crippen LogP contribution in [-0.4, -0.2) is 22.4 Å². The highest BCUT2D eigenvalue weighted by atomic mass is 31.2. The van der Waals surface area contributed by atoms with Gasteiger partial charge >= 0.3 is 13.6 Å². The van der Waals surface area contributed by atoms with Crippen molar-refractivity contribution in [2.45, 2.75) is 51.9 Å². The van der Waals surface area contributed by atoms with Crippen LogP contribution in [0, 0.1) is 0 Å². The van der Waals surface area contributed by atoms with Gasteiger partial charge in [0, 0.05) is 0 Å². The molecule has 0 bridgehead atoms. The molecule has 0 aliphatic heterocycles. The van der Waals surface area contributed by atoms with E-state index in [-0.39, 0.29) is 5.30 Å². The third-order valence-corrected chi connectivity index (χ3v) is 4.39. The Hall–Kier alpha value is -1.16. The number of carbonyl (C=O) groups is 1. The summed E-state index contributed by atoms with van der Waals surface area (Å²) in [6, 6.07) is 5.26. The van der Waals surface area contributed by atoms with Crippen molar-refractivity contribution in [3.8, 4) is 0 Å². The van der Waals surface area contributed by atoms with Crippen molar-refractivity contribution in [1.29, 1.82) is 0 Å². The molecule has 0 saturated carbocycles. The minimum atomic E-state index is -4.26. The van der Waals surface area contributed by atoms with Gasteiger partial charge in [-0.15, -0.1) is 0 Å². The number of unbranched alkanes of at least 4 members (excludes halogenated alkanes) is 6. The number of hydrogen-bond donors (Lipinski definition) is 2. The summed E-state index contributed by atoms with van der Waals surface area (Å²) in [5, 5.41) is -0.101. The molecule has 0 heterocycles. The Morgan fingerprint density at radius 3 is 2.09 bits per heavy atom. The van der Waals surface area contributed by atoms with Gasteiger partial charge in [-0.2, -0.15) is 0 Å². The normalized spacial score (nSPS) is 11.4. The van der Waals surface area contributed by atoms with Gasteiger partial charge in [0.1, 0.15) is 0 Å². The largest absolute Gasteiger partial charge is 0.462 e. The Balaban J connectivity index is 2.24. The third-order valence-electron chi connectivity index (χ3n) is 3.42. The van der Waals surface area contributed by atoms with Gasteiger partial charge in [-0.3, -0.25) is 4.57 Å². The highest BCUT2D eigenvalue weighted by Crippen LogP contribution is 2.32. The van der Waals surface area contributed by atoms with E-state index in [4.69, 9.17) is 14.5 Å². The number of carbonyl (C=O) groups excluding carboxylic acids is 1. The molecule has 1 aromatic rings. The van der Waals surface area contributed by atoms with Crippen molar-refractivity contribution in [3.05, 3.63) is 29.8 Å². The summed E-state index contributed by atoms with van der Waals surface area (Å²) < 4.78 is 16.2. The smallest absolute Gasteiger partial charge is 0.356 e. The van der Waals surface area contributed by atoms with E-state index in [2.05, 4.69) is 6.92 Å². The summed E-state index contributed by atoms with van der Waals surface area (Å²) in [7, 11) is -4.26. The van der Waals surface area contributed by atoms with Gasteiger partial charge in [0.15, 0.2) is 0 Å². The Kier molecular flexibility index (Phi) is 8.39. The second kappa shape index (κ2) is 9.78. The molecule has 0 fully saturated rings. The lowest BCUT2D eigenvalue weighted by Crippen LogP contribution is -2.09. The fourth-order valence-corrected chi connectivity index (χ4v) is 2.64. The van der Waals surface area contributed by atoms with Crippen LogP contribution in [0.15, 0.2) is 24.3 Å². The van der Waals surface area contributed by atoms with E-state index in [0.717, 1.165) is 19.3 Å². The van der Waals surface area contributed by atoms with Crippen LogP contribution < -0.4 is 5.30 Å². The molecule has 0 amide bonds. The molecule has 0 aromatic heterocycles. The zero-order valence-corrected chi connectivity index (χ0v) is 13.9. The average molecular weight is 328 g/mol. The van der Waals surface area contributed by atoms with Crippen molar-refractivity contribution < 1.29 is 23.9 Å². The van der Waals surface area contributed by atoms with Crippen molar-refractivity contribution in [2.75, 3.05) is 6.61 Å². The molecule has 22 heavy (non-hydrogen) atoms. The van der Waals surface area contributed by atoms with Gasteiger partial charge in [-0.25, -0.2) is 4.79 Å². The Bertz CT molecular complexity index is 492. The lowest BCUT2D eigenvalue weighted by Gasteiger charge is -2.07. The number of benzene rings is 1. The summed E-state index contributed by atoms with van der Waals surface area (Å²) in [4.78, 5) is 29.7. The van der Waals surface area contributed by atoms with E-state index in [9.17, 15) is 9.36 Å². The van der Waals surface area contributed by atoms with Crippen LogP contribution in [0.3, 0.4) is 0 Å². The first-order valence-electron chi connectivity index (χ1n) is 7.78. The molecule has 1 rings (SSSR count). The Morgan fingerprint density at radius 2 is 1.55 bits per heavy atom. The Labute approximate surface area is 131 Å². The number of esters is 1. The summed E-state index contributed by atoms with van der Waals surface area (Å²) in [6.07, 6.45) is 8.06. The molecule has 1 aromatic carbocycles. The predicted molar refractivity (Wildman–Crippen MR) is 86.4 cm³/mol. The molecule has 5 nitrogen and oxygen atoms in total. The lowest BCUT2D eigenvalue weighted by molar-refractivity contribution is 0.0497. The molecular weight excluding hydrogens is 303 g/mol. The quantitative estimate of drug-likeness (QED) is 0.391. The van der Waals surface area contributed by atoms with Gasteiger partial charge in [-0.1, -0.05) is 45.4 Å². The van der Waals surface area contributed by atoms with E-state index in [0.29, 0.717) is 12.2 Å². The van der Waals surface area contributed by atoms with Crippen LogP contribution in [0.1, 0.15) is 62.2 Å². The monoisotopic (exact) mass is 328 g/mol. The SMILES string of the molecule is CCCCCCCCCOC(=O)c1ccc(P(=O)(O)O)cc1. The van der Waals surface area contributed by atoms with Crippen molar-refractivity contribution in [2.24, 2.45) is 0 Å². The molecule has 0 aliphatic rings. The number of ether oxygens (including phenoxy) is 1. The fourth-order valence-electron chi connectivity index (χ4n) is 2.10. The number of rotatable bonds is 10. The standard InChI is InChI=1S/C16H25O5P/c1-2-3-4-5-6-7-8-13-21-16(17)14-9-11-15(12-10-14)22(18,19)20/h9-12H,2-8,13H2,1H3,(H2,18,19,20). The summed E-state index contributed by atoms with van der Waals surface area (Å²) in [5.74, 6) is -0.455. The second-order valence-electron chi connectivity index (χ2n) is 5.35.